The normalized spacial score (nSPS) is 14.1. The number of hydrogen-bond acceptors (Lipinski definition) is 3. The Hall–Kier alpha value is -2.82. The zero-order chi connectivity index (χ0) is 17.5. The molecule has 2 amide bonds. The molecule has 2 aromatic carbocycles. The van der Waals surface area contributed by atoms with Gasteiger partial charge in [0, 0.05) is 11.7 Å². The summed E-state index contributed by atoms with van der Waals surface area (Å²) in [5.41, 5.74) is 1.65. The van der Waals surface area contributed by atoms with Crippen molar-refractivity contribution < 1.29 is 14.3 Å². The summed E-state index contributed by atoms with van der Waals surface area (Å²) in [5, 5.41) is 5.38. The lowest BCUT2D eigenvalue weighted by molar-refractivity contribution is -0.136. The summed E-state index contributed by atoms with van der Waals surface area (Å²) in [6.07, 6.45) is 4.12. The van der Waals surface area contributed by atoms with Crippen LogP contribution >= 0.6 is 0 Å². The van der Waals surface area contributed by atoms with E-state index in [2.05, 4.69) is 10.6 Å². The highest BCUT2D eigenvalue weighted by Crippen LogP contribution is 2.18. The van der Waals surface area contributed by atoms with Gasteiger partial charge in [-0.1, -0.05) is 43.2 Å². The molecule has 5 nitrogen and oxygen atoms in total. The molecule has 0 heterocycles. The summed E-state index contributed by atoms with van der Waals surface area (Å²) in [4.78, 5) is 23.8. The Morgan fingerprint density at radius 1 is 0.920 bits per heavy atom. The van der Waals surface area contributed by atoms with Crippen molar-refractivity contribution in [1.82, 2.24) is 5.32 Å². The summed E-state index contributed by atoms with van der Waals surface area (Å²) < 4.78 is 5.70. The first kappa shape index (κ1) is 17.0. The molecular weight excluding hydrogens is 316 g/mol. The number of amides is 2. The number of ether oxygens (including phenoxy) is 1. The molecule has 1 fully saturated rings. The van der Waals surface area contributed by atoms with E-state index in [1.54, 1.807) is 24.3 Å². The predicted octanol–water partition coefficient (Wildman–Crippen LogP) is 3.26. The third kappa shape index (κ3) is 5.08. The SMILES string of the molecule is O=C(Nc1ccc(OCc2ccccc2)cc1)C(=O)NC1CCCC1. The van der Waals surface area contributed by atoms with Gasteiger partial charge in [-0.2, -0.15) is 0 Å². The molecule has 0 bridgehead atoms. The van der Waals surface area contributed by atoms with E-state index in [4.69, 9.17) is 4.74 Å². The van der Waals surface area contributed by atoms with Crippen molar-refractivity contribution in [3.63, 3.8) is 0 Å². The maximum absolute atomic E-state index is 11.9. The highest BCUT2D eigenvalue weighted by atomic mass is 16.5. The molecule has 0 aliphatic heterocycles. The van der Waals surface area contributed by atoms with Gasteiger partial charge in [-0.15, -0.1) is 0 Å². The van der Waals surface area contributed by atoms with E-state index in [1.807, 2.05) is 30.3 Å². The maximum Gasteiger partial charge on any atom is 0.313 e. The Kier molecular flexibility index (Phi) is 5.67. The summed E-state index contributed by atoms with van der Waals surface area (Å²) >= 11 is 0. The van der Waals surface area contributed by atoms with Gasteiger partial charge in [-0.05, 0) is 42.7 Å². The minimum atomic E-state index is -0.634. The topological polar surface area (TPSA) is 67.4 Å². The van der Waals surface area contributed by atoms with E-state index in [0.29, 0.717) is 18.0 Å². The van der Waals surface area contributed by atoms with Crippen molar-refractivity contribution in [3.8, 4) is 5.75 Å². The number of nitrogens with one attached hydrogen (secondary N) is 2. The molecule has 2 N–H and O–H groups in total. The van der Waals surface area contributed by atoms with Crippen LogP contribution in [0.4, 0.5) is 5.69 Å². The second-order valence-electron chi connectivity index (χ2n) is 6.21. The number of benzene rings is 2. The number of carbonyl (C=O) groups is 2. The molecule has 1 aliphatic rings. The molecule has 130 valence electrons. The summed E-state index contributed by atoms with van der Waals surface area (Å²) in [7, 11) is 0. The fraction of sp³-hybridized carbons (Fsp3) is 0.300. The highest BCUT2D eigenvalue weighted by Gasteiger charge is 2.21. The lowest BCUT2D eigenvalue weighted by Gasteiger charge is -2.12. The lowest BCUT2D eigenvalue weighted by Crippen LogP contribution is -2.40. The monoisotopic (exact) mass is 338 g/mol. The highest BCUT2D eigenvalue weighted by molar-refractivity contribution is 6.39. The minimum absolute atomic E-state index is 0.131. The average Bonchev–Trinajstić information content (AvgIpc) is 3.15. The summed E-state index contributed by atoms with van der Waals surface area (Å²) in [6, 6.07) is 17.0. The first-order chi connectivity index (χ1) is 12.2. The molecule has 2 aromatic rings. The zero-order valence-corrected chi connectivity index (χ0v) is 14.0. The third-order valence-corrected chi connectivity index (χ3v) is 4.26. The van der Waals surface area contributed by atoms with Crippen LogP contribution in [0.5, 0.6) is 5.75 Å². The molecule has 0 saturated heterocycles. The fourth-order valence-corrected chi connectivity index (χ4v) is 2.88. The second kappa shape index (κ2) is 8.33. The standard InChI is InChI=1S/C20H22N2O3/c23-19(21-16-8-4-5-9-16)20(24)22-17-10-12-18(13-11-17)25-14-15-6-2-1-3-7-15/h1-3,6-7,10-13,16H,4-5,8-9,14H2,(H,21,23)(H,22,24). The van der Waals surface area contributed by atoms with Gasteiger partial charge in [-0.3, -0.25) is 9.59 Å². The van der Waals surface area contributed by atoms with Crippen LogP contribution in [0, 0.1) is 0 Å². The molecule has 1 saturated carbocycles. The van der Waals surface area contributed by atoms with Gasteiger partial charge in [0.2, 0.25) is 0 Å². The van der Waals surface area contributed by atoms with Crippen molar-refractivity contribution in [1.29, 1.82) is 0 Å². The minimum Gasteiger partial charge on any atom is -0.489 e. The zero-order valence-electron chi connectivity index (χ0n) is 14.0. The van der Waals surface area contributed by atoms with E-state index >= 15 is 0 Å². The van der Waals surface area contributed by atoms with E-state index in [0.717, 1.165) is 31.2 Å². The first-order valence-electron chi connectivity index (χ1n) is 8.59. The van der Waals surface area contributed by atoms with Crippen molar-refractivity contribution >= 4 is 17.5 Å². The molecule has 5 heteroatoms. The number of carbonyl (C=O) groups excluding carboxylic acids is 2. The molecular formula is C20H22N2O3. The van der Waals surface area contributed by atoms with Gasteiger partial charge in [-0.25, -0.2) is 0 Å². The molecule has 0 aromatic heterocycles. The maximum atomic E-state index is 11.9. The quantitative estimate of drug-likeness (QED) is 0.822. The molecule has 0 unspecified atom stereocenters. The molecule has 1 aliphatic carbocycles. The van der Waals surface area contributed by atoms with Crippen LogP contribution in [0.2, 0.25) is 0 Å². The van der Waals surface area contributed by atoms with Crippen molar-refractivity contribution in [3.05, 3.63) is 60.2 Å². The van der Waals surface area contributed by atoms with Gasteiger partial charge in [0.15, 0.2) is 0 Å². The van der Waals surface area contributed by atoms with Crippen LogP contribution in [0.15, 0.2) is 54.6 Å². The van der Waals surface area contributed by atoms with Crippen LogP contribution in [0.1, 0.15) is 31.2 Å². The number of hydrogen-bond donors (Lipinski definition) is 2. The number of rotatable bonds is 5. The lowest BCUT2D eigenvalue weighted by atomic mass is 10.2. The van der Waals surface area contributed by atoms with Gasteiger partial charge in [0.25, 0.3) is 0 Å². The Morgan fingerprint density at radius 2 is 1.60 bits per heavy atom. The van der Waals surface area contributed by atoms with Gasteiger partial charge < -0.3 is 15.4 Å². The van der Waals surface area contributed by atoms with E-state index in [-0.39, 0.29) is 6.04 Å². The van der Waals surface area contributed by atoms with E-state index < -0.39 is 11.8 Å². The van der Waals surface area contributed by atoms with Crippen LogP contribution < -0.4 is 15.4 Å². The molecule has 0 atom stereocenters. The van der Waals surface area contributed by atoms with Gasteiger partial charge >= 0.3 is 11.8 Å². The molecule has 0 spiro atoms. The largest absolute Gasteiger partial charge is 0.489 e. The van der Waals surface area contributed by atoms with Crippen molar-refractivity contribution in [2.75, 3.05) is 5.32 Å². The predicted molar refractivity (Wildman–Crippen MR) is 96.2 cm³/mol. The fourth-order valence-electron chi connectivity index (χ4n) is 2.88. The Labute approximate surface area is 147 Å². The second-order valence-corrected chi connectivity index (χ2v) is 6.21. The first-order valence-corrected chi connectivity index (χ1v) is 8.59. The van der Waals surface area contributed by atoms with E-state index in [9.17, 15) is 9.59 Å². The average molecular weight is 338 g/mol. The van der Waals surface area contributed by atoms with Gasteiger partial charge in [0.1, 0.15) is 12.4 Å². The number of anilines is 1. The van der Waals surface area contributed by atoms with Crippen molar-refractivity contribution in [2.24, 2.45) is 0 Å². The van der Waals surface area contributed by atoms with Crippen LogP contribution in [0.25, 0.3) is 0 Å². The Bertz CT molecular complexity index is 707. The van der Waals surface area contributed by atoms with Gasteiger partial charge in [0.05, 0.1) is 0 Å². The Morgan fingerprint density at radius 3 is 2.28 bits per heavy atom. The summed E-state index contributed by atoms with van der Waals surface area (Å²) in [6.45, 7) is 0.482. The molecule has 3 rings (SSSR count). The van der Waals surface area contributed by atoms with E-state index in [1.165, 1.54) is 0 Å². The van der Waals surface area contributed by atoms with Crippen LogP contribution in [0.3, 0.4) is 0 Å². The smallest absolute Gasteiger partial charge is 0.313 e. The van der Waals surface area contributed by atoms with Crippen LogP contribution in [-0.2, 0) is 16.2 Å². The third-order valence-electron chi connectivity index (χ3n) is 4.26. The Balaban J connectivity index is 1.48. The van der Waals surface area contributed by atoms with Crippen LogP contribution in [-0.4, -0.2) is 17.9 Å². The summed E-state index contributed by atoms with van der Waals surface area (Å²) in [5.74, 6) is -0.501. The van der Waals surface area contributed by atoms with Crippen molar-refractivity contribution in [2.45, 2.75) is 38.3 Å². The molecule has 25 heavy (non-hydrogen) atoms. The molecule has 0 radical (unpaired) electrons.